The van der Waals surface area contributed by atoms with Gasteiger partial charge in [-0.2, -0.15) is 0 Å². The average Bonchev–Trinajstić information content (AvgIpc) is 2.66. The maximum absolute atomic E-state index is 12.3. The van der Waals surface area contributed by atoms with Crippen molar-refractivity contribution in [3.63, 3.8) is 0 Å². The molecule has 1 aromatic heterocycles. The van der Waals surface area contributed by atoms with E-state index in [1.165, 1.54) is 5.57 Å². The number of carbonyl (C=O) groups excluding carboxylic acids is 1. The number of nitrogens with one attached hydrogen (secondary N) is 2. The van der Waals surface area contributed by atoms with Crippen molar-refractivity contribution in [2.75, 3.05) is 19.6 Å². The zero-order valence-electron chi connectivity index (χ0n) is 13.5. The van der Waals surface area contributed by atoms with Gasteiger partial charge in [0.15, 0.2) is 0 Å². The van der Waals surface area contributed by atoms with Gasteiger partial charge in [0.25, 0.3) is 5.91 Å². The monoisotopic (exact) mass is 323 g/mol. The van der Waals surface area contributed by atoms with Gasteiger partial charge < -0.3 is 15.4 Å². The van der Waals surface area contributed by atoms with Gasteiger partial charge >= 0.3 is 0 Å². The van der Waals surface area contributed by atoms with Gasteiger partial charge in [0.2, 0.25) is 0 Å². The molecule has 0 aliphatic carbocycles. The maximum Gasteiger partial charge on any atom is 0.251 e. The first-order valence-corrected chi connectivity index (χ1v) is 8.10. The van der Waals surface area contributed by atoms with Crippen molar-refractivity contribution < 1.29 is 9.53 Å². The van der Waals surface area contributed by atoms with Crippen LogP contribution < -0.4 is 15.4 Å². The lowest BCUT2D eigenvalue weighted by molar-refractivity contribution is 0.0956. The number of benzene rings is 1. The van der Waals surface area contributed by atoms with Crippen LogP contribution in [-0.2, 0) is 6.61 Å². The summed E-state index contributed by atoms with van der Waals surface area (Å²) >= 11 is 0. The summed E-state index contributed by atoms with van der Waals surface area (Å²) in [5.41, 5.74) is 2.87. The van der Waals surface area contributed by atoms with Crippen LogP contribution >= 0.6 is 0 Å². The van der Waals surface area contributed by atoms with E-state index in [-0.39, 0.29) is 5.91 Å². The minimum atomic E-state index is -0.0822. The molecule has 0 saturated carbocycles. The van der Waals surface area contributed by atoms with Crippen molar-refractivity contribution in [1.29, 1.82) is 0 Å². The molecule has 0 saturated heterocycles. The predicted octanol–water partition coefficient (Wildman–Crippen LogP) is 2.31. The van der Waals surface area contributed by atoms with Crippen molar-refractivity contribution in [3.8, 4) is 5.75 Å². The van der Waals surface area contributed by atoms with E-state index in [0.29, 0.717) is 24.5 Å². The van der Waals surface area contributed by atoms with Crippen LogP contribution in [0.15, 0.2) is 60.4 Å². The van der Waals surface area contributed by atoms with Crippen LogP contribution in [0, 0.1) is 0 Å². The molecule has 5 heteroatoms. The number of hydrogen-bond donors (Lipinski definition) is 2. The van der Waals surface area contributed by atoms with Crippen molar-refractivity contribution >= 4 is 5.91 Å². The Bertz CT molecular complexity index is 714. The second-order valence-electron chi connectivity index (χ2n) is 5.68. The fourth-order valence-corrected chi connectivity index (χ4v) is 2.50. The van der Waals surface area contributed by atoms with Crippen LogP contribution in [0.25, 0.3) is 0 Å². The summed E-state index contributed by atoms with van der Waals surface area (Å²) < 4.78 is 5.74. The smallest absolute Gasteiger partial charge is 0.251 e. The lowest BCUT2D eigenvalue weighted by Crippen LogP contribution is -2.29. The molecule has 2 aromatic rings. The van der Waals surface area contributed by atoms with E-state index in [1.54, 1.807) is 24.5 Å². The standard InChI is InChI=1S/C19H21N3O2/c23-19(22-13-15-6-9-20-10-7-15)17-4-1-5-18(11-17)24-14-16-3-2-8-21-12-16/h1-6,8,11-12,20H,7,9-10,13-14H2,(H,22,23). The Balaban J connectivity index is 1.55. The largest absolute Gasteiger partial charge is 0.489 e. The van der Waals surface area contributed by atoms with Crippen molar-refractivity contribution in [2.24, 2.45) is 0 Å². The summed E-state index contributed by atoms with van der Waals surface area (Å²) in [4.78, 5) is 16.4. The third-order valence-corrected chi connectivity index (χ3v) is 3.86. The second kappa shape index (κ2) is 8.26. The Hall–Kier alpha value is -2.66. The van der Waals surface area contributed by atoms with Gasteiger partial charge in [0.1, 0.15) is 12.4 Å². The average molecular weight is 323 g/mol. The maximum atomic E-state index is 12.3. The molecule has 0 bridgehead atoms. The molecule has 0 radical (unpaired) electrons. The van der Waals surface area contributed by atoms with Crippen LogP contribution in [0.5, 0.6) is 5.75 Å². The number of carbonyl (C=O) groups is 1. The highest BCUT2D eigenvalue weighted by atomic mass is 16.5. The first-order chi connectivity index (χ1) is 11.8. The summed E-state index contributed by atoms with van der Waals surface area (Å²) in [6.45, 7) is 2.88. The molecule has 1 aliphatic rings. The van der Waals surface area contributed by atoms with Gasteiger partial charge in [-0.1, -0.05) is 23.8 Å². The van der Waals surface area contributed by atoms with Gasteiger partial charge in [-0.15, -0.1) is 0 Å². The molecule has 5 nitrogen and oxygen atoms in total. The molecule has 24 heavy (non-hydrogen) atoms. The summed E-state index contributed by atoms with van der Waals surface area (Å²) in [6.07, 6.45) is 6.61. The normalized spacial score (nSPS) is 13.9. The molecule has 124 valence electrons. The Morgan fingerprint density at radius 3 is 3.04 bits per heavy atom. The van der Waals surface area contributed by atoms with Crippen molar-refractivity contribution in [3.05, 3.63) is 71.6 Å². The van der Waals surface area contributed by atoms with E-state index < -0.39 is 0 Å². The molecule has 0 spiro atoms. The molecular formula is C19H21N3O2. The molecule has 2 N–H and O–H groups in total. The fourth-order valence-electron chi connectivity index (χ4n) is 2.50. The quantitative estimate of drug-likeness (QED) is 0.801. The summed E-state index contributed by atoms with van der Waals surface area (Å²) in [5, 5.41) is 6.23. The van der Waals surface area contributed by atoms with Crippen LogP contribution in [0.4, 0.5) is 0 Å². The number of ether oxygens (including phenoxy) is 1. The number of hydrogen-bond acceptors (Lipinski definition) is 4. The Kier molecular flexibility index (Phi) is 5.58. The lowest BCUT2D eigenvalue weighted by Gasteiger charge is -2.14. The highest BCUT2D eigenvalue weighted by Crippen LogP contribution is 2.15. The SMILES string of the molecule is O=C(NCC1=CCNCC1)c1cccc(OCc2cccnc2)c1. The first-order valence-electron chi connectivity index (χ1n) is 8.10. The number of pyridine rings is 1. The molecule has 0 unspecified atom stereocenters. The second-order valence-corrected chi connectivity index (χ2v) is 5.68. The zero-order valence-corrected chi connectivity index (χ0v) is 13.5. The van der Waals surface area contributed by atoms with Crippen molar-refractivity contribution in [2.45, 2.75) is 13.0 Å². The minimum Gasteiger partial charge on any atom is -0.489 e. The molecule has 3 rings (SSSR count). The van der Waals surface area contributed by atoms with Crippen LogP contribution in [0.1, 0.15) is 22.3 Å². The van der Waals surface area contributed by atoms with Crippen LogP contribution in [-0.4, -0.2) is 30.5 Å². The van der Waals surface area contributed by atoms with E-state index in [2.05, 4.69) is 21.7 Å². The Morgan fingerprint density at radius 1 is 1.29 bits per heavy atom. The van der Waals surface area contributed by atoms with Crippen LogP contribution in [0.3, 0.4) is 0 Å². The summed E-state index contributed by atoms with van der Waals surface area (Å²) in [5.74, 6) is 0.592. The third kappa shape index (κ3) is 4.67. The number of aromatic nitrogens is 1. The van der Waals surface area contributed by atoms with Gasteiger partial charge in [-0.25, -0.2) is 0 Å². The van der Waals surface area contributed by atoms with E-state index >= 15 is 0 Å². The summed E-state index contributed by atoms with van der Waals surface area (Å²) in [6, 6.07) is 11.1. The van der Waals surface area contributed by atoms with Gasteiger partial charge in [-0.05, 0) is 37.2 Å². The molecule has 0 fully saturated rings. The van der Waals surface area contributed by atoms with Gasteiger partial charge in [0, 0.05) is 36.6 Å². The predicted molar refractivity (Wildman–Crippen MR) is 92.9 cm³/mol. The van der Waals surface area contributed by atoms with E-state index in [1.807, 2.05) is 24.3 Å². The topological polar surface area (TPSA) is 63.2 Å². The van der Waals surface area contributed by atoms with Gasteiger partial charge in [-0.3, -0.25) is 9.78 Å². The molecule has 1 aromatic carbocycles. The highest BCUT2D eigenvalue weighted by molar-refractivity contribution is 5.94. The molecular weight excluding hydrogens is 302 g/mol. The molecule has 1 amide bonds. The van der Waals surface area contributed by atoms with E-state index in [4.69, 9.17) is 4.74 Å². The minimum absolute atomic E-state index is 0.0822. The Labute approximate surface area is 141 Å². The van der Waals surface area contributed by atoms with E-state index in [0.717, 1.165) is 25.1 Å². The lowest BCUT2D eigenvalue weighted by atomic mass is 10.1. The highest BCUT2D eigenvalue weighted by Gasteiger charge is 2.09. The number of amides is 1. The number of nitrogens with zero attached hydrogens (tertiary/aromatic N) is 1. The van der Waals surface area contributed by atoms with E-state index in [9.17, 15) is 4.79 Å². The van der Waals surface area contributed by atoms with Crippen LogP contribution in [0.2, 0.25) is 0 Å². The summed E-state index contributed by atoms with van der Waals surface area (Å²) in [7, 11) is 0. The first kappa shape index (κ1) is 16.2. The van der Waals surface area contributed by atoms with Gasteiger partial charge in [0.05, 0.1) is 0 Å². The Morgan fingerprint density at radius 2 is 2.25 bits per heavy atom. The van der Waals surface area contributed by atoms with Crippen molar-refractivity contribution in [1.82, 2.24) is 15.6 Å². The fraction of sp³-hybridized carbons (Fsp3) is 0.263. The number of rotatable bonds is 6. The molecule has 0 atom stereocenters. The third-order valence-electron chi connectivity index (χ3n) is 3.86. The molecule has 1 aliphatic heterocycles. The molecule has 2 heterocycles. The zero-order chi connectivity index (χ0) is 16.6.